The first kappa shape index (κ1) is 21.4. The van der Waals surface area contributed by atoms with Crippen LogP contribution in [-0.4, -0.2) is 42.6 Å². The quantitative estimate of drug-likeness (QED) is 0.662. The van der Waals surface area contributed by atoms with Crippen molar-refractivity contribution in [3.8, 4) is 11.5 Å². The predicted octanol–water partition coefficient (Wildman–Crippen LogP) is 4.84. The van der Waals surface area contributed by atoms with Gasteiger partial charge in [0.2, 0.25) is 0 Å². The van der Waals surface area contributed by atoms with Gasteiger partial charge in [0.15, 0.2) is 18.1 Å². The average Bonchev–Trinajstić information content (AvgIpc) is 2.75. The van der Waals surface area contributed by atoms with E-state index in [1.54, 1.807) is 25.3 Å². The van der Waals surface area contributed by atoms with E-state index in [0.29, 0.717) is 22.2 Å². The van der Waals surface area contributed by atoms with Gasteiger partial charge in [-0.1, -0.05) is 29.9 Å². The van der Waals surface area contributed by atoms with Crippen molar-refractivity contribution in [3.63, 3.8) is 0 Å². The van der Waals surface area contributed by atoms with Crippen LogP contribution in [0.4, 0.5) is 5.69 Å². The summed E-state index contributed by atoms with van der Waals surface area (Å²) in [6.45, 7) is 3.74. The minimum absolute atomic E-state index is 0.141. The van der Waals surface area contributed by atoms with E-state index in [-0.39, 0.29) is 12.5 Å². The van der Waals surface area contributed by atoms with Gasteiger partial charge in [0, 0.05) is 29.4 Å². The molecule has 154 valence electrons. The molecule has 0 spiro atoms. The van der Waals surface area contributed by atoms with Gasteiger partial charge >= 0.3 is 0 Å². The Balaban J connectivity index is 1.62. The summed E-state index contributed by atoms with van der Waals surface area (Å²) in [5, 5.41) is 3.38. The summed E-state index contributed by atoms with van der Waals surface area (Å²) in [6, 6.07) is 10.9. The number of thiocarbonyl (C=S) groups is 1. The summed E-state index contributed by atoms with van der Waals surface area (Å²) in [7, 11) is 1.57. The van der Waals surface area contributed by atoms with E-state index >= 15 is 0 Å². The van der Waals surface area contributed by atoms with E-state index in [1.807, 2.05) is 25.1 Å². The van der Waals surface area contributed by atoms with E-state index in [1.165, 1.54) is 19.3 Å². The molecular weight excluding hydrogens is 408 g/mol. The number of carbonyl (C=O) groups excluding carboxylic acids is 1. The predicted molar refractivity (Wildman–Crippen MR) is 120 cm³/mol. The summed E-state index contributed by atoms with van der Waals surface area (Å²) >= 11 is 11.7. The van der Waals surface area contributed by atoms with Crippen molar-refractivity contribution >= 4 is 40.4 Å². The average molecular weight is 433 g/mol. The van der Waals surface area contributed by atoms with Crippen LogP contribution in [-0.2, 0) is 4.79 Å². The van der Waals surface area contributed by atoms with Crippen LogP contribution in [0.15, 0.2) is 36.4 Å². The second-order valence-electron chi connectivity index (χ2n) is 7.02. The van der Waals surface area contributed by atoms with Gasteiger partial charge in [0.1, 0.15) is 4.99 Å². The van der Waals surface area contributed by atoms with Crippen molar-refractivity contribution in [2.24, 2.45) is 0 Å². The molecule has 1 fully saturated rings. The number of hydrogen-bond donors (Lipinski definition) is 1. The fourth-order valence-corrected chi connectivity index (χ4v) is 3.70. The van der Waals surface area contributed by atoms with E-state index in [9.17, 15) is 4.79 Å². The molecule has 0 unspecified atom stereocenters. The van der Waals surface area contributed by atoms with Crippen molar-refractivity contribution in [1.82, 2.24) is 4.90 Å². The van der Waals surface area contributed by atoms with Gasteiger partial charge < -0.3 is 19.7 Å². The number of ether oxygens (including phenoxy) is 2. The van der Waals surface area contributed by atoms with Crippen molar-refractivity contribution in [2.45, 2.75) is 26.2 Å². The SMILES string of the molecule is COc1cc(C(=S)N2CCCCC2)ccc1OCC(=O)Nc1ccc(C)c(Cl)c1. The van der Waals surface area contributed by atoms with Gasteiger partial charge in [-0.3, -0.25) is 4.79 Å². The standard InChI is InChI=1S/C22H25ClN2O3S/c1-15-6-8-17(13-18(15)23)24-21(26)14-28-19-9-7-16(12-20(19)27-2)22(29)25-10-4-3-5-11-25/h6-9,12-13H,3-5,10-11,14H2,1-2H3,(H,24,26). The number of methoxy groups -OCH3 is 1. The first-order chi connectivity index (χ1) is 14.0. The molecule has 5 nitrogen and oxygen atoms in total. The second kappa shape index (κ2) is 9.94. The number of aryl methyl sites for hydroxylation is 1. The van der Waals surface area contributed by atoms with Crippen LogP contribution in [0.5, 0.6) is 11.5 Å². The van der Waals surface area contributed by atoms with Crippen molar-refractivity contribution in [1.29, 1.82) is 0 Å². The van der Waals surface area contributed by atoms with Gasteiger partial charge in [-0.15, -0.1) is 0 Å². The topological polar surface area (TPSA) is 50.8 Å². The molecule has 3 rings (SSSR count). The molecule has 1 saturated heterocycles. The summed E-state index contributed by atoms with van der Waals surface area (Å²) in [5.74, 6) is 0.766. The highest BCUT2D eigenvalue weighted by atomic mass is 35.5. The Morgan fingerprint density at radius 1 is 1.14 bits per heavy atom. The molecule has 1 aliphatic rings. The highest BCUT2D eigenvalue weighted by molar-refractivity contribution is 7.80. The van der Waals surface area contributed by atoms with E-state index in [2.05, 4.69) is 10.2 Å². The number of piperidine rings is 1. The van der Waals surface area contributed by atoms with Gasteiger partial charge in [-0.25, -0.2) is 0 Å². The maximum atomic E-state index is 12.2. The van der Waals surface area contributed by atoms with Gasteiger partial charge in [0.05, 0.1) is 7.11 Å². The number of nitrogens with zero attached hydrogens (tertiary/aromatic N) is 1. The Kier molecular flexibility index (Phi) is 7.34. The summed E-state index contributed by atoms with van der Waals surface area (Å²) in [5.41, 5.74) is 2.50. The highest BCUT2D eigenvalue weighted by Gasteiger charge is 2.17. The number of rotatable bonds is 6. The number of anilines is 1. The van der Waals surface area contributed by atoms with Crippen LogP contribution in [0, 0.1) is 6.92 Å². The lowest BCUT2D eigenvalue weighted by atomic mass is 10.1. The molecule has 0 radical (unpaired) electrons. The van der Waals surface area contributed by atoms with E-state index in [4.69, 9.17) is 33.3 Å². The summed E-state index contributed by atoms with van der Waals surface area (Å²) in [6.07, 6.45) is 3.59. The molecular formula is C22H25ClN2O3S. The van der Waals surface area contributed by atoms with Crippen LogP contribution >= 0.6 is 23.8 Å². The van der Waals surface area contributed by atoms with Crippen molar-refractivity contribution < 1.29 is 14.3 Å². The highest BCUT2D eigenvalue weighted by Crippen LogP contribution is 2.29. The van der Waals surface area contributed by atoms with E-state index < -0.39 is 0 Å². The largest absolute Gasteiger partial charge is 0.493 e. The number of hydrogen-bond acceptors (Lipinski definition) is 4. The van der Waals surface area contributed by atoms with Crippen LogP contribution in [0.1, 0.15) is 30.4 Å². The number of benzene rings is 2. The van der Waals surface area contributed by atoms with Crippen LogP contribution in [0.3, 0.4) is 0 Å². The third-order valence-corrected chi connectivity index (χ3v) is 5.77. The molecule has 29 heavy (non-hydrogen) atoms. The molecule has 0 bridgehead atoms. The van der Waals surface area contributed by atoms with Crippen LogP contribution in [0.2, 0.25) is 5.02 Å². The Bertz CT molecular complexity index is 898. The first-order valence-corrected chi connectivity index (χ1v) is 10.4. The molecule has 0 saturated carbocycles. The number of amides is 1. The van der Waals surface area contributed by atoms with Crippen molar-refractivity contribution in [3.05, 3.63) is 52.5 Å². The summed E-state index contributed by atoms with van der Waals surface area (Å²) < 4.78 is 11.1. The molecule has 0 atom stereocenters. The Hall–Kier alpha value is -2.31. The molecule has 7 heteroatoms. The Morgan fingerprint density at radius 3 is 2.59 bits per heavy atom. The van der Waals surface area contributed by atoms with Gasteiger partial charge in [-0.2, -0.15) is 0 Å². The summed E-state index contributed by atoms with van der Waals surface area (Å²) in [4.78, 5) is 15.3. The zero-order valence-electron chi connectivity index (χ0n) is 16.7. The zero-order valence-corrected chi connectivity index (χ0v) is 18.2. The number of halogens is 1. The van der Waals surface area contributed by atoms with Crippen LogP contribution in [0.25, 0.3) is 0 Å². The minimum Gasteiger partial charge on any atom is -0.493 e. The monoisotopic (exact) mass is 432 g/mol. The fourth-order valence-electron chi connectivity index (χ4n) is 3.21. The molecule has 2 aromatic carbocycles. The van der Waals surface area contributed by atoms with Gasteiger partial charge in [0.25, 0.3) is 5.91 Å². The molecule has 1 heterocycles. The zero-order chi connectivity index (χ0) is 20.8. The van der Waals surface area contributed by atoms with Crippen LogP contribution < -0.4 is 14.8 Å². The molecule has 0 aromatic heterocycles. The Labute approximate surface area is 181 Å². The smallest absolute Gasteiger partial charge is 0.262 e. The van der Waals surface area contributed by atoms with E-state index in [0.717, 1.165) is 29.2 Å². The lowest BCUT2D eigenvalue weighted by molar-refractivity contribution is -0.118. The lowest BCUT2D eigenvalue weighted by Crippen LogP contribution is -2.34. The molecule has 2 aromatic rings. The Morgan fingerprint density at radius 2 is 1.90 bits per heavy atom. The molecule has 1 amide bonds. The lowest BCUT2D eigenvalue weighted by Gasteiger charge is -2.29. The number of likely N-dealkylation sites (tertiary alicyclic amines) is 1. The third-order valence-electron chi connectivity index (χ3n) is 4.87. The third kappa shape index (κ3) is 5.61. The molecule has 0 aliphatic carbocycles. The number of carbonyl (C=O) groups is 1. The second-order valence-corrected chi connectivity index (χ2v) is 7.81. The normalized spacial score (nSPS) is 13.7. The maximum Gasteiger partial charge on any atom is 0.262 e. The first-order valence-electron chi connectivity index (χ1n) is 9.64. The maximum absolute atomic E-state index is 12.2. The van der Waals surface area contributed by atoms with Gasteiger partial charge in [-0.05, 0) is 62.1 Å². The fraction of sp³-hybridized carbons (Fsp3) is 0.364. The minimum atomic E-state index is -0.278. The molecule has 1 N–H and O–H groups in total. The molecule has 1 aliphatic heterocycles. The van der Waals surface area contributed by atoms with Crippen molar-refractivity contribution in [2.75, 3.05) is 32.1 Å². The number of nitrogens with one attached hydrogen (secondary N) is 1.